The topological polar surface area (TPSA) is 37.0 Å². The lowest BCUT2D eigenvalue weighted by Crippen LogP contribution is -2.57. The Balaban J connectivity index is 1.59. The fraction of sp³-hybridized carbons (Fsp3) is 0.263. The molecule has 118 valence electrons. The molecule has 0 unspecified atom stereocenters. The predicted molar refractivity (Wildman–Crippen MR) is 88.8 cm³/mol. The Morgan fingerprint density at radius 3 is 2.65 bits per heavy atom. The molecule has 4 rings (SSSR count). The van der Waals surface area contributed by atoms with Gasteiger partial charge >= 0.3 is 0 Å². The molecule has 2 aromatic carbocycles. The van der Waals surface area contributed by atoms with Gasteiger partial charge in [0.05, 0.1) is 18.8 Å². The van der Waals surface area contributed by atoms with Crippen molar-refractivity contribution in [3.8, 4) is 0 Å². The molecule has 0 aliphatic carbocycles. The van der Waals surface area contributed by atoms with Gasteiger partial charge in [-0.25, -0.2) is 4.39 Å². The van der Waals surface area contributed by atoms with Crippen LogP contribution in [0.2, 0.25) is 0 Å². The Morgan fingerprint density at radius 1 is 1.17 bits per heavy atom. The minimum Gasteiger partial charge on any atom is -0.377 e. The fourth-order valence-corrected chi connectivity index (χ4v) is 3.22. The first-order valence-electron chi connectivity index (χ1n) is 7.82. The van der Waals surface area contributed by atoms with Gasteiger partial charge in [0.15, 0.2) is 0 Å². The highest BCUT2D eigenvalue weighted by molar-refractivity contribution is 5.85. The van der Waals surface area contributed by atoms with E-state index in [9.17, 15) is 4.39 Å². The van der Waals surface area contributed by atoms with Crippen LogP contribution in [-0.2, 0) is 16.8 Å². The summed E-state index contributed by atoms with van der Waals surface area (Å²) >= 11 is 0. The summed E-state index contributed by atoms with van der Waals surface area (Å²) in [6.07, 6.45) is 2.06. The molecule has 23 heavy (non-hydrogen) atoms. The first kappa shape index (κ1) is 14.4. The van der Waals surface area contributed by atoms with Crippen LogP contribution >= 0.6 is 0 Å². The van der Waals surface area contributed by atoms with E-state index in [0.717, 1.165) is 12.1 Å². The van der Waals surface area contributed by atoms with Crippen molar-refractivity contribution in [2.24, 2.45) is 0 Å². The van der Waals surface area contributed by atoms with Crippen LogP contribution in [0.1, 0.15) is 16.7 Å². The van der Waals surface area contributed by atoms with Crippen LogP contribution < -0.4 is 5.32 Å². The standard InChI is InChI=1S/C19H19FN2O/c1-13-3-2-4-17-14(9-21-18(13)17)10-22-19(11-23-12-19)15-5-7-16(20)8-6-15/h2-9,21-22H,10-12H2,1H3. The SMILES string of the molecule is Cc1cccc2c(CNC3(c4ccc(F)cc4)COC3)c[nH]c12. The van der Waals surface area contributed by atoms with Crippen LogP contribution in [0.5, 0.6) is 0 Å². The number of rotatable bonds is 4. The number of ether oxygens (including phenoxy) is 1. The smallest absolute Gasteiger partial charge is 0.123 e. The zero-order valence-corrected chi connectivity index (χ0v) is 13.0. The highest BCUT2D eigenvalue weighted by atomic mass is 19.1. The van der Waals surface area contributed by atoms with Gasteiger partial charge in [0, 0.05) is 23.6 Å². The van der Waals surface area contributed by atoms with Crippen LogP contribution in [0.4, 0.5) is 4.39 Å². The predicted octanol–water partition coefficient (Wildman–Crippen LogP) is 3.63. The normalized spacial score (nSPS) is 16.4. The average molecular weight is 310 g/mol. The van der Waals surface area contributed by atoms with Crippen LogP contribution in [0, 0.1) is 12.7 Å². The largest absolute Gasteiger partial charge is 0.377 e. The number of aryl methyl sites for hydroxylation is 1. The number of aromatic nitrogens is 1. The third-order valence-corrected chi connectivity index (χ3v) is 4.72. The summed E-state index contributed by atoms with van der Waals surface area (Å²) in [7, 11) is 0. The summed E-state index contributed by atoms with van der Waals surface area (Å²) in [5, 5.41) is 4.86. The Kier molecular flexibility index (Phi) is 3.43. The average Bonchev–Trinajstić information content (AvgIpc) is 2.93. The van der Waals surface area contributed by atoms with Crippen LogP contribution in [0.3, 0.4) is 0 Å². The Bertz CT molecular complexity index is 834. The highest BCUT2D eigenvalue weighted by Crippen LogP contribution is 2.31. The zero-order chi connectivity index (χ0) is 15.9. The van der Waals surface area contributed by atoms with Gasteiger partial charge < -0.3 is 9.72 Å². The number of nitrogens with one attached hydrogen (secondary N) is 2. The first-order valence-corrected chi connectivity index (χ1v) is 7.82. The van der Waals surface area contributed by atoms with Gasteiger partial charge in [-0.05, 0) is 35.7 Å². The second kappa shape index (κ2) is 5.48. The molecule has 0 amide bonds. The van der Waals surface area contributed by atoms with E-state index in [2.05, 4.69) is 41.6 Å². The Hall–Kier alpha value is -2.17. The molecule has 1 saturated heterocycles. The van der Waals surface area contributed by atoms with Crippen molar-refractivity contribution in [1.82, 2.24) is 10.3 Å². The summed E-state index contributed by atoms with van der Waals surface area (Å²) in [6.45, 7) is 4.07. The summed E-state index contributed by atoms with van der Waals surface area (Å²) in [6, 6.07) is 13.0. The Morgan fingerprint density at radius 2 is 1.96 bits per heavy atom. The monoisotopic (exact) mass is 310 g/mol. The number of hydrogen-bond acceptors (Lipinski definition) is 2. The van der Waals surface area contributed by atoms with Gasteiger partial charge in [-0.15, -0.1) is 0 Å². The van der Waals surface area contributed by atoms with Crippen molar-refractivity contribution >= 4 is 10.9 Å². The molecule has 3 aromatic rings. The second-order valence-corrected chi connectivity index (χ2v) is 6.25. The second-order valence-electron chi connectivity index (χ2n) is 6.25. The van der Waals surface area contributed by atoms with Crippen molar-refractivity contribution in [1.29, 1.82) is 0 Å². The number of H-pyrrole nitrogens is 1. The molecular weight excluding hydrogens is 291 g/mol. The lowest BCUT2D eigenvalue weighted by atomic mass is 9.87. The molecule has 0 atom stereocenters. The van der Waals surface area contributed by atoms with Gasteiger partial charge in [-0.3, -0.25) is 5.32 Å². The van der Waals surface area contributed by atoms with Crippen molar-refractivity contribution in [2.75, 3.05) is 13.2 Å². The number of aromatic amines is 1. The van der Waals surface area contributed by atoms with Gasteiger partial charge in [-0.2, -0.15) is 0 Å². The molecule has 4 heteroatoms. The summed E-state index contributed by atoms with van der Waals surface area (Å²) in [4.78, 5) is 3.36. The number of halogens is 1. The molecule has 0 spiro atoms. The third-order valence-electron chi connectivity index (χ3n) is 4.72. The van der Waals surface area contributed by atoms with E-state index in [1.54, 1.807) is 0 Å². The third kappa shape index (κ3) is 2.44. The van der Waals surface area contributed by atoms with Crippen molar-refractivity contribution in [3.05, 3.63) is 71.2 Å². The molecule has 3 nitrogen and oxygen atoms in total. The summed E-state index contributed by atoms with van der Waals surface area (Å²) in [5.41, 5.74) is 4.51. The minimum atomic E-state index is -0.221. The van der Waals surface area contributed by atoms with Crippen LogP contribution in [0.15, 0.2) is 48.7 Å². The number of benzene rings is 2. The maximum absolute atomic E-state index is 13.2. The van der Waals surface area contributed by atoms with E-state index >= 15 is 0 Å². The zero-order valence-electron chi connectivity index (χ0n) is 13.0. The number of para-hydroxylation sites is 1. The van der Waals surface area contributed by atoms with Gasteiger partial charge in [0.2, 0.25) is 0 Å². The lowest BCUT2D eigenvalue weighted by molar-refractivity contribution is -0.0796. The number of fused-ring (bicyclic) bond motifs is 1. The fourth-order valence-electron chi connectivity index (χ4n) is 3.22. The van der Waals surface area contributed by atoms with E-state index in [1.165, 1.54) is 34.2 Å². The molecule has 0 bridgehead atoms. The van der Waals surface area contributed by atoms with Gasteiger partial charge in [0.1, 0.15) is 5.82 Å². The maximum Gasteiger partial charge on any atom is 0.123 e. The van der Waals surface area contributed by atoms with E-state index in [1.807, 2.05) is 12.1 Å². The first-order chi connectivity index (χ1) is 11.2. The molecule has 2 N–H and O–H groups in total. The molecule has 1 aliphatic rings. The molecule has 0 saturated carbocycles. The quantitative estimate of drug-likeness (QED) is 0.772. The van der Waals surface area contributed by atoms with E-state index in [-0.39, 0.29) is 11.4 Å². The summed E-state index contributed by atoms with van der Waals surface area (Å²) < 4.78 is 18.6. The molecule has 1 aliphatic heterocycles. The molecular formula is C19H19FN2O. The van der Waals surface area contributed by atoms with Gasteiger partial charge in [0.25, 0.3) is 0 Å². The summed E-state index contributed by atoms with van der Waals surface area (Å²) in [5.74, 6) is -0.212. The van der Waals surface area contributed by atoms with Crippen LogP contribution in [-0.4, -0.2) is 18.2 Å². The van der Waals surface area contributed by atoms with Crippen LogP contribution in [0.25, 0.3) is 10.9 Å². The molecule has 0 radical (unpaired) electrons. The molecule has 2 heterocycles. The molecule has 1 aromatic heterocycles. The van der Waals surface area contributed by atoms with Gasteiger partial charge in [-0.1, -0.05) is 30.3 Å². The Labute approximate surface area is 134 Å². The van der Waals surface area contributed by atoms with E-state index in [0.29, 0.717) is 13.2 Å². The van der Waals surface area contributed by atoms with Crippen molar-refractivity contribution < 1.29 is 9.13 Å². The highest BCUT2D eigenvalue weighted by Gasteiger charge is 2.39. The van der Waals surface area contributed by atoms with E-state index in [4.69, 9.17) is 4.74 Å². The lowest BCUT2D eigenvalue weighted by Gasteiger charge is -2.42. The van der Waals surface area contributed by atoms with Crippen molar-refractivity contribution in [3.63, 3.8) is 0 Å². The molecule has 1 fully saturated rings. The minimum absolute atomic E-state index is 0.212. The number of hydrogen-bond donors (Lipinski definition) is 2. The van der Waals surface area contributed by atoms with Crippen molar-refractivity contribution in [2.45, 2.75) is 19.0 Å². The van der Waals surface area contributed by atoms with E-state index < -0.39 is 0 Å². The maximum atomic E-state index is 13.2.